The van der Waals surface area contributed by atoms with Gasteiger partial charge in [0.05, 0.1) is 0 Å². The van der Waals surface area contributed by atoms with E-state index in [4.69, 9.17) is 14.2 Å². The van der Waals surface area contributed by atoms with Gasteiger partial charge in [-0.2, -0.15) is 0 Å². The first kappa shape index (κ1) is 69.3. The highest BCUT2D eigenvalue weighted by Gasteiger charge is 2.19. The van der Waals surface area contributed by atoms with Crippen LogP contribution in [-0.2, 0) is 28.6 Å². The average Bonchev–Trinajstić information content (AvgIpc) is 3.39. The Hall–Kier alpha value is -3.67. The SMILES string of the molecule is CC/C=C\C/C=C\C/C=C\C/C=C\C/C=C\C/C=C\CCCCCCC(=O)OCC(COC(=O)CCCCCCC/C=C\CCCCCCC)OC(=O)CCCCCCCCC/C=C\CCCCCCCCC. The van der Waals surface area contributed by atoms with E-state index < -0.39 is 6.10 Å². The highest BCUT2D eigenvalue weighted by atomic mass is 16.6. The number of esters is 3. The third kappa shape index (κ3) is 59.1. The summed E-state index contributed by atoms with van der Waals surface area (Å²) in [7, 11) is 0. The number of ether oxygens (including phenoxy) is 3. The lowest BCUT2D eigenvalue weighted by molar-refractivity contribution is -0.167. The Morgan fingerprint density at radius 2 is 0.534 bits per heavy atom. The summed E-state index contributed by atoms with van der Waals surface area (Å²) in [6.07, 6.45) is 81.1. The fourth-order valence-electron chi connectivity index (χ4n) is 8.44. The van der Waals surface area contributed by atoms with Crippen LogP contribution in [0.5, 0.6) is 0 Å². The fraction of sp³-hybridized carbons (Fsp3) is 0.716. The predicted molar refractivity (Wildman–Crippen MR) is 316 cm³/mol. The number of hydrogen-bond acceptors (Lipinski definition) is 6. The number of carbonyl (C=O) groups excluding carboxylic acids is 3. The van der Waals surface area contributed by atoms with Crippen molar-refractivity contribution in [3.05, 3.63) is 97.2 Å². The standard InChI is InChI=1S/C67H114O6/c1-4-7-10-13-16-19-22-25-28-30-32-33-34-35-36-38-39-42-45-48-51-54-57-60-66(69)72-63-64(62-71-65(68)59-56-53-50-47-44-41-27-24-21-18-15-12-9-6-3)73-67(70)61-58-55-52-49-46-43-40-37-31-29-26-23-20-17-14-11-8-5-2/h7,10,16,19,24-25,27-29,31-33,35-36,39,42,64H,4-6,8-9,11-15,17-18,20-23,26,30,34,37-38,40-41,43-63H2,1-3H3/b10-7-,19-16-,27-24-,28-25-,31-29-,33-32-,36-35-,42-39-. The van der Waals surface area contributed by atoms with Crippen molar-refractivity contribution >= 4 is 17.9 Å². The van der Waals surface area contributed by atoms with Crippen molar-refractivity contribution in [2.45, 2.75) is 297 Å². The summed E-state index contributed by atoms with van der Waals surface area (Å²) in [6.45, 7) is 6.50. The summed E-state index contributed by atoms with van der Waals surface area (Å²) in [6, 6.07) is 0. The Bertz CT molecular complexity index is 1440. The Balaban J connectivity index is 4.43. The molecule has 0 aliphatic carbocycles. The highest BCUT2D eigenvalue weighted by Crippen LogP contribution is 2.15. The van der Waals surface area contributed by atoms with E-state index in [1.165, 1.54) is 135 Å². The van der Waals surface area contributed by atoms with E-state index >= 15 is 0 Å². The zero-order valence-electron chi connectivity index (χ0n) is 47.9. The van der Waals surface area contributed by atoms with Crippen LogP contribution < -0.4 is 0 Å². The summed E-state index contributed by atoms with van der Waals surface area (Å²) in [5.74, 6) is -0.923. The van der Waals surface area contributed by atoms with Crippen LogP contribution in [0.2, 0.25) is 0 Å². The Morgan fingerprint density at radius 1 is 0.288 bits per heavy atom. The molecule has 418 valence electrons. The molecule has 0 amide bonds. The van der Waals surface area contributed by atoms with E-state index in [9.17, 15) is 14.4 Å². The average molecular weight is 1020 g/mol. The first-order valence-electron chi connectivity index (χ1n) is 30.7. The highest BCUT2D eigenvalue weighted by molar-refractivity contribution is 5.71. The molecule has 0 N–H and O–H groups in total. The number of hydrogen-bond donors (Lipinski definition) is 0. The van der Waals surface area contributed by atoms with Crippen LogP contribution >= 0.6 is 0 Å². The van der Waals surface area contributed by atoms with Gasteiger partial charge in [-0.15, -0.1) is 0 Å². The Morgan fingerprint density at radius 3 is 0.849 bits per heavy atom. The molecule has 0 heterocycles. The van der Waals surface area contributed by atoms with Crippen LogP contribution in [0.4, 0.5) is 0 Å². The van der Waals surface area contributed by atoms with Gasteiger partial charge < -0.3 is 14.2 Å². The zero-order chi connectivity index (χ0) is 52.9. The maximum atomic E-state index is 12.9. The number of allylic oxidation sites excluding steroid dienone is 16. The van der Waals surface area contributed by atoms with Crippen molar-refractivity contribution in [1.29, 1.82) is 0 Å². The molecule has 0 rings (SSSR count). The van der Waals surface area contributed by atoms with Crippen LogP contribution in [0.3, 0.4) is 0 Å². The summed E-state index contributed by atoms with van der Waals surface area (Å²) < 4.78 is 16.9. The lowest BCUT2D eigenvalue weighted by Crippen LogP contribution is -2.30. The second-order valence-electron chi connectivity index (χ2n) is 20.2. The summed E-state index contributed by atoms with van der Waals surface area (Å²) >= 11 is 0. The third-order valence-electron chi connectivity index (χ3n) is 13.0. The predicted octanol–water partition coefficient (Wildman–Crippen LogP) is 20.9. The van der Waals surface area contributed by atoms with Gasteiger partial charge in [0.1, 0.15) is 13.2 Å². The molecule has 0 fully saturated rings. The van der Waals surface area contributed by atoms with Gasteiger partial charge in [0.2, 0.25) is 0 Å². The van der Waals surface area contributed by atoms with Crippen LogP contribution in [0.15, 0.2) is 97.2 Å². The van der Waals surface area contributed by atoms with Gasteiger partial charge in [0.25, 0.3) is 0 Å². The van der Waals surface area contributed by atoms with Gasteiger partial charge in [0, 0.05) is 19.3 Å². The summed E-state index contributed by atoms with van der Waals surface area (Å²) in [4.78, 5) is 38.3. The summed E-state index contributed by atoms with van der Waals surface area (Å²) in [5.41, 5.74) is 0. The molecule has 0 radical (unpaired) electrons. The van der Waals surface area contributed by atoms with Crippen LogP contribution in [-0.4, -0.2) is 37.2 Å². The maximum Gasteiger partial charge on any atom is 0.306 e. The van der Waals surface area contributed by atoms with Crippen molar-refractivity contribution in [2.75, 3.05) is 13.2 Å². The van der Waals surface area contributed by atoms with Crippen molar-refractivity contribution in [3.63, 3.8) is 0 Å². The molecule has 0 aromatic carbocycles. The number of unbranched alkanes of at least 4 members (excludes halogenated alkanes) is 28. The third-order valence-corrected chi connectivity index (χ3v) is 13.0. The van der Waals surface area contributed by atoms with Crippen molar-refractivity contribution < 1.29 is 28.6 Å². The van der Waals surface area contributed by atoms with Crippen molar-refractivity contribution in [1.82, 2.24) is 0 Å². The Labute approximate surface area is 451 Å². The van der Waals surface area contributed by atoms with Gasteiger partial charge in [-0.3, -0.25) is 14.4 Å². The number of carbonyl (C=O) groups is 3. The minimum Gasteiger partial charge on any atom is -0.462 e. The van der Waals surface area contributed by atoms with Gasteiger partial charge in [-0.1, -0.05) is 246 Å². The van der Waals surface area contributed by atoms with E-state index in [0.29, 0.717) is 19.3 Å². The van der Waals surface area contributed by atoms with Crippen molar-refractivity contribution in [3.8, 4) is 0 Å². The van der Waals surface area contributed by atoms with E-state index in [-0.39, 0.29) is 31.1 Å². The molecule has 0 bridgehead atoms. The molecule has 73 heavy (non-hydrogen) atoms. The normalized spacial score (nSPS) is 12.8. The molecule has 1 unspecified atom stereocenters. The lowest BCUT2D eigenvalue weighted by Gasteiger charge is -2.18. The molecular weight excluding hydrogens is 901 g/mol. The van der Waals surface area contributed by atoms with E-state index in [0.717, 1.165) is 116 Å². The second-order valence-corrected chi connectivity index (χ2v) is 20.2. The summed E-state index contributed by atoms with van der Waals surface area (Å²) in [5, 5.41) is 0. The van der Waals surface area contributed by atoms with E-state index in [1.807, 2.05) is 0 Å². The molecular formula is C67H114O6. The van der Waals surface area contributed by atoms with Crippen molar-refractivity contribution in [2.24, 2.45) is 0 Å². The molecule has 0 spiro atoms. The topological polar surface area (TPSA) is 78.9 Å². The molecule has 6 heteroatoms. The quantitative estimate of drug-likeness (QED) is 0.0261. The van der Waals surface area contributed by atoms with E-state index in [1.54, 1.807) is 0 Å². The van der Waals surface area contributed by atoms with E-state index in [2.05, 4.69) is 118 Å². The molecule has 0 aliphatic heterocycles. The van der Waals surface area contributed by atoms with Crippen LogP contribution in [0.25, 0.3) is 0 Å². The molecule has 0 aromatic rings. The maximum absolute atomic E-state index is 12.9. The molecule has 0 aliphatic rings. The molecule has 6 nitrogen and oxygen atoms in total. The number of rotatable bonds is 55. The van der Waals surface area contributed by atoms with Gasteiger partial charge in [-0.25, -0.2) is 0 Å². The largest absolute Gasteiger partial charge is 0.462 e. The molecule has 0 aromatic heterocycles. The molecule has 0 saturated carbocycles. The second kappa shape index (κ2) is 60.9. The van der Waals surface area contributed by atoms with Gasteiger partial charge in [0.15, 0.2) is 6.10 Å². The first-order chi connectivity index (χ1) is 36.0. The zero-order valence-corrected chi connectivity index (χ0v) is 47.9. The van der Waals surface area contributed by atoms with Gasteiger partial charge >= 0.3 is 17.9 Å². The Kier molecular flexibility index (Phi) is 57.8. The van der Waals surface area contributed by atoms with Crippen LogP contribution in [0, 0.1) is 0 Å². The molecule has 0 saturated heterocycles. The lowest BCUT2D eigenvalue weighted by atomic mass is 10.1. The van der Waals surface area contributed by atoms with Gasteiger partial charge in [-0.05, 0) is 122 Å². The fourth-order valence-corrected chi connectivity index (χ4v) is 8.44. The monoisotopic (exact) mass is 1010 g/mol. The van der Waals surface area contributed by atoms with Crippen LogP contribution in [0.1, 0.15) is 290 Å². The smallest absolute Gasteiger partial charge is 0.306 e. The molecule has 1 atom stereocenters. The first-order valence-corrected chi connectivity index (χ1v) is 30.7. The minimum atomic E-state index is -0.796. The minimum absolute atomic E-state index is 0.0916.